The van der Waals surface area contributed by atoms with Crippen LogP contribution < -0.4 is 0 Å². The lowest BCUT2D eigenvalue weighted by atomic mass is 10.3. The number of imidazole rings is 1. The molecule has 0 radical (unpaired) electrons. The van der Waals surface area contributed by atoms with Crippen LogP contribution in [-0.4, -0.2) is 29.7 Å². The van der Waals surface area contributed by atoms with Gasteiger partial charge in [-0.15, -0.1) is 0 Å². The summed E-state index contributed by atoms with van der Waals surface area (Å²) in [6.07, 6.45) is 1.31. The van der Waals surface area contributed by atoms with Crippen molar-refractivity contribution >= 4 is 32.9 Å². The van der Waals surface area contributed by atoms with Crippen molar-refractivity contribution in [3.8, 4) is 0 Å². The number of halogens is 1. The highest BCUT2D eigenvalue weighted by Gasteiger charge is 2.14. The van der Waals surface area contributed by atoms with Crippen LogP contribution in [0.25, 0.3) is 11.0 Å². The van der Waals surface area contributed by atoms with E-state index >= 15 is 0 Å². The Hall–Kier alpha value is -2.29. The average Bonchev–Trinajstić information content (AvgIpc) is 2.95. The molecule has 0 spiro atoms. The molecule has 0 bridgehead atoms. The molecular weight excluding hydrogens is 316 g/mol. The first-order chi connectivity index (χ1) is 9.11. The highest BCUT2D eigenvalue weighted by atomic mass is 79.9. The minimum absolute atomic E-state index is 0.299. The number of aromatic nitrogens is 5. The third-order valence-corrected chi connectivity index (χ3v) is 2.99. The van der Waals surface area contributed by atoms with E-state index in [0.717, 1.165) is 15.5 Å². The van der Waals surface area contributed by atoms with Crippen LogP contribution in [0, 0.1) is 10.1 Å². The maximum atomic E-state index is 10.5. The zero-order chi connectivity index (χ0) is 13.4. The summed E-state index contributed by atoms with van der Waals surface area (Å²) in [5.41, 5.74) is 1.71. The molecule has 0 atom stereocenters. The molecule has 2 aromatic heterocycles. The number of rotatable bonds is 3. The van der Waals surface area contributed by atoms with Gasteiger partial charge in [0, 0.05) is 9.57 Å². The van der Waals surface area contributed by atoms with E-state index in [1.165, 1.54) is 11.0 Å². The molecule has 3 rings (SSSR count). The number of aromatic amines is 1. The van der Waals surface area contributed by atoms with Gasteiger partial charge in [-0.25, -0.2) is 4.98 Å². The number of H-pyrrole nitrogens is 1. The van der Waals surface area contributed by atoms with E-state index in [9.17, 15) is 10.1 Å². The SMILES string of the molecule is O=[N+]([O-])c1ncn(Cc2nc3ccc(Br)cc3[nH]2)n1. The monoisotopic (exact) mass is 322 g/mol. The Morgan fingerprint density at radius 1 is 1.47 bits per heavy atom. The van der Waals surface area contributed by atoms with E-state index in [1.54, 1.807) is 0 Å². The van der Waals surface area contributed by atoms with Gasteiger partial charge < -0.3 is 15.1 Å². The summed E-state index contributed by atoms with van der Waals surface area (Å²) >= 11 is 3.38. The van der Waals surface area contributed by atoms with Gasteiger partial charge in [-0.3, -0.25) is 0 Å². The largest absolute Gasteiger partial charge is 0.490 e. The van der Waals surface area contributed by atoms with Gasteiger partial charge in [0.2, 0.25) is 6.33 Å². The molecule has 1 N–H and O–H groups in total. The van der Waals surface area contributed by atoms with Crippen LogP contribution in [-0.2, 0) is 6.54 Å². The van der Waals surface area contributed by atoms with Crippen molar-refractivity contribution in [1.82, 2.24) is 24.7 Å². The van der Waals surface area contributed by atoms with Crippen LogP contribution >= 0.6 is 15.9 Å². The van der Waals surface area contributed by atoms with E-state index < -0.39 is 10.9 Å². The molecular formula is C10H7BrN6O2. The standard InChI is InChI=1S/C10H7BrN6O2/c11-6-1-2-7-8(3-6)14-9(13-7)4-16-5-12-10(15-16)17(18)19/h1-3,5H,4H2,(H,13,14). The predicted molar refractivity (Wildman–Crippen MR) is 69.6 cm³/mol. The zero-order valence-corrected chi connectivity index (χ0v) is 11.0. The summed E-state index contributed by atoms with van der Waals surface area (Å²) in [6, 6.07) is 5.69. The van der Waals surface area contributed by atoms with Gasteiger partial charge in [-0.1, -0.05) is 20.9 Å². The van der Waals surface area contributed by atoms with Gasteiger partial charge in [-0.2, -0.15) is 4.68 Å². The molecule has 0 saturated heterocycles. The number of nitro groups is 1. The molecule has 0 fully saturated rings. The van der Waals surface area contributed by atoms with Crippen LogP contribution in [0.1, 0.15) is 5.82 Å². The quantitative estimate of drug-likeness (QED) is 0.585. The molecule has 8 nitrogen and oxygen atoms in total. The van der Waals surface area contributed by atoms with Crippen molar-refractivity contribution in [3.05, 3.63) is 44.9 Å². The fourth-order valence-corrected chi connectivity index (χ4v) is 2.07. The molecule has 0 aliphatic heterocycles. The molecule has 19 heavy (non-hydrogen) atoms. The minimum atomic E-state index is -0.633. The highest BCUT2D eigenvalue weighted by molar-refractivity contribution is 9.10. The van der Waals surface area contributed by atoms with Crippen LogP contribution in [0.3, 0.4) is 0 Å². The van der Waals surface area contributed by atoms with Gasteiger partial charge >= 0.3 is 5.95 Å². The number of hydrogen-bond donors (Lipinski definition) is 1. The van der Waals surface area contributed by atoms with Crippen LogP contribution in [0.5, 0.6) is 0 Å². The molecule has 0 unspecified atom stereocenters. The molecule has 1 aromatic carbocycles. The molecule has 96 valence electrons. The average molecular weight is 323 g/mol. The van der Waals surface area contributed by atoms with Gasteiger partial charge in [0.1, 0.15) is 12.4 Å². The van der Waals surface area contributed by atoms with Crippen molar-refractivity contribution in [2.75, 3.05) is 0 Å². The lowest BCUT2D eigenvalue weighted by Gasteiger charge is -1.91. The molecule has 3 aromatic rings. The summed E-state index contributed by atoms with van der Waals surface area (Å²) in [7, 11) is 0. The second kappa shape index (κ2) is 4.43. The molecule has 0 saturated carbocycles. The van der Waals surface area contributed by atoms with Gasteiger partial charge in [0.15, 0.2) is 0 Å². The maximum absolute atomic E-state index is 10.5. The topological polar surface area (TPSA) is 103 Å². The van der Waals surface area contributed by atoms with E-state index in [2.05, 4.69) is 36.0 Å². The second-order valence-corrected chi connectivity index (χ2v) is 4.76. The summed E-state index contributed by atoms with van der Waals surface area (Å²) < 4.78 is 2.32. The molecule has 0 aliphatic carbocycles. The van der Waals surface area contributed by atoms with E-state index in [0.29, 0.717) is 12.4 Å². The lowest BCUT2D eigenvalue weighted by Crippen LogP contribution is -2.02. The zero-order valence-electron chi connectivity index (χ0n) is 9.45. The van der Waals surface area contributed by atoms with Gasteiger partial charge in [0.05, 0.1) is 11.0 Å². The van der Waals surface area contributed by atoms with Crippen LogP contribution in [0.2, 0.25) is 0 Å². The van der Waals surface area contributed by atoms with E-state index in [1.807, 2.05) is 18.2 Å². The molecule has 0 aliphatic rings. The Labute approximate surface area is 114 Å². The Balaban J connectivity index is 1.89. The van der Waals surface area contributed by atoms with Crippen molar-refractivity contribution in [2.45, 2.75) is 6.54 Å². The summed E-state index contributed by atoms with van der Waals surface area (Å²) in [5, 5.41) is 14.2. The first kappa shape index (κ1) is 11.8. The van der Waals surface area contributed by atoms with Crippen molar-refractivity contribution < 1.29 is 4.92 Å². The fourth-order valence-electron chi connectivity index (χ4n) is 1.71. The molecule has 9 heteroatoms. The minimum Gasteiger partial charge on any atom is -0.390 e. The smallest absolute Gasteiger partial charge is 0.390 e. The Bertz CT molecular complexity index is 764. The Kier molecular flexibility index (Phi) is 2.75. The first-order valence-electron chi connectivity index (χ1n) is 5.30. The van der Waals surface area contributed by atoms with E-state index in [-0.39, 0.29) is 0 Å². The first-order valence-corrected chi connectivity index (χ1v) is 6.09. The van der Waals surface area contributed by atoms with Gasteiger partial charge in [-0.05, 0) is 23.1 Å². The number of hydrogen-bond acceptors (Lipinski definition) is 5. The highest BCUT2D eigenvalue weighted by Crippen LogP contribution is 2.18. The normalized spacial score (nSPS) is 11.0. The second-order valence-electron chi connectivity index (χ2n) is 3.84. The molecule has 0 amide bonds. The number of nitrogens with one attached hydrogen (secondary N) is 1. The van der Waals surface area contributed by atoms with E-state index in [4.69, 9.17) is 0 Å². The summed E-state index contributed by atoms with van der Waals surface area (Å²) in [6.45, 7) is 0.299. The van der Waals surface area contributed by atoms with Crippen LogP contribution in [0.15, 0.2) is 29.0 Å². The van der Waals surface area contributed by atoms with Crippen molar-refractivity contribution in [2.24, 2.45) is 0 Å². The summed E-state index contributed by atoms with van der Waals surface area (Å²) in [5.74, 6) is 0.242. The summed E-state index contributed by atoms with van der Waals surface area (Å²) in [4.78, 5) is 20.9. The third-order valence-electron chi connectivity index (χ3n) is 2.49. The fraction of sp³-hybridized carbons (Fsp3) is 0.100. The molecule has 2 heterocycles. The number of fused-ring (bicyclic) bond motifs is 1. The van der Waals surface area contributed by atoms with Gasteiger partial charge in [0.25, 0.3) is 0 Å². The Morgan fingerprint density at radius 2 is 2.32 bits per heavy atom. The Morgan fingerprint density at radius 3 is 3.05 bits per heavy atom. The number of nitrogens with zero attached hydrogens (tertiary/aromatic N) is 5. The predicted octanol–water partition coefficient (Wildman–Crippen LogP) is 1.87. The lowest BCUT2D eigenvalue weighted by molar-refractivity contribution is -0.394. The third kappa shape index (κ3) is 2.32. The van der Waals surface area contributed by atoms with Crippen molar-refractivity contribution in [1.29, 1.82) is 0 Å². The van der Waals surface area contributed by atoms with Crippen LogP contribution in [0.4, 0.5) is 5.95 Å². The van der Waals surface area contributed by atoms with Crippen molar-refractivity contribution in [3.63, 3.8) is 0 Å². The maximum Gasteiger partial charge on any atom is 0.490 e. The number of benzene rings is 1.